The van der Waals surface area contributed by atoms with E-state index in [4.69, 9.17) is 17.3 Å². The fourth-order valence-corrected chi connectivity index (χ4v) is 3.18. The Labute approximate surface area is 187 Å². The summed E-state index contributed by atoms with van der Waals surface area (Å²) in [4.78, 5) is 12.4. The fraction of sp³-hybridized carbons (Fsp3) is 0.318. The van der Waals surface area contributed by atoms with Gasteiger partial charge in [0.15, 0.2) is 0 Å². The van der Waals surface area contributed by atoms with E-state index in [0.29, 0.717) is 5.02 Å². The summed E-state index contributed by atoms with van der Waals surface area (Å²) < 4.78 is 0. The van der Waals surface area contributed by atoms with Gasteiger partial charge in [0.25, 0.3) is 0 Å². The van der Waals surface area contributed by atoms with E-state index in [-0.39, 0.29) is 23.8 Å². The lowest BCUT2D eigenvalue weighted by atomic mass is 9.92. The zero-order valence-corrected chi connectivity index (χ0v) is 18.7. The Morgan fingerprint density at radius 1 is 1.10 bits per heavy atom. The normalized spacial score (nSPS) is 16.8. The largest absolute Gasteiger partial charge is 0.368 e. The highest BCUT2D eigenvalue weighted by atomic mass is 35.5. The second kappa shape index (κ2) is 10.7. The van der Waals surface area contributed by atoms with Crippen molar-refractivity contribution < 1.29 is 0 Å². The second-order valence-corrected chi connectivity index (χ2v) is 7.69. The molecule has 1 heterocycles. The number of allylic oxidation sites excluding steroid dienone is 4. The van der Waals surface area contributed by atoms with Crippen LogP contribution in [0.25, 0.3) is 0 Å². The summed E-state index contributed by atoms with van der Waals surface area (Å²) in [7, 11) is 0. The van der Waals surface area contributed by atoms with E-state index in [2.05, 4.69) is 61.2 Å². The number of benzene rings is 1. The summed E-state index contributed by atoms with van der Waals surface area (Å²) >= 11 is 5.92. The molecule has 3 rings (SSSR count). The molecule has 1 atom stereocenters. The van der Waals surface area contributed by atoms with Crippen molar-refractivity contribution in [3.8, 4) is 0 Å². The van der Waals surface area contributed by atoms with Gasteiger partial charge < -0.3 is 5.73 Å². The van der Waals surface area contributed by atoms with Gasteiger partial charge in [-0.25, -0.2) is 10.9 Å². The number of anilines is 3. The summed E-state index contributed by atoms with van der Waals surface area (Å²) in [5.74, 6) is 0.782. The third kappa shape index (κ3) is 6.62. The van der Waals surface area contributed by atoms with Crippen molar-refractivity contribution in [3.63, 3.8) is 0 Å². The number of rotatable bonds is 8. The lowest BCUT2D eigenvalue weighted by Gasteiger charge is -2.16. The van der Waals surface area contributed by atoms with Crippen LogP contribution in [0.5, 0.6) is 0 Å². The Morgan fingerprint density at radius 3 is 2.39 bits per heavy atom. The van der Waals surface area contributed by atoms with Crippen LogP contribution in [0.2, 0.25) is 5.02 Å². The molecule has 0 spiro atoms. The Balaban J connectivity index is 1.64. The Morgan fingerprint density at radius 2 is 1.77 bits per heavy atom. The van der Waals surface area contributed by atoms with E-state index in [1.54, 1.807) is 12.1 Å². The molecule has 0 radical (unpaired) electrons. The summed E-state index contributed by atoms with van der Waals surface area (Å²) in [6.07, 6.45) is 9.84. The molecular weight excluding hydrogens is 412 g/mol. The maximum Gasteiger partial charge on any atom is 0.250 e. The van der Waals surface area contributed by atoms with E-state index in [0.717, 1.165) is 36.2 Å². The molecule has 1 aliphatic rings. The van der Waals surface area contributed by atoms with Crippen LogP contribution in [-0.2, 0) is 0 Å². The zero-order valence-electron chi connectivity index (χ0n) is 17.9. The van der Waals surface area contributed by atoms with Crippen LogP contribution in [0.4, 0.5) is 17.8 Å². The molecule has 0 bridgehead atoms. The van der Waals surface area contributed by atoms with Crippen molar-refractivity contribution in [3.05, 3.63) is 58.7 Å². The first-order valence-corrected chi connectivity index (χ1v) is 10.6. The van der Waals surface area contributed by atoms with Crippen molar-refractivity contribution in [2.24, 2.45) is 16.1 Å². The molecule has 1 unspecified atom stereocenters. The lowest BCUT2D eigenvalue weighted by Crippen LogP contribution is -2.13. The number of nitrogens with zero attached hydrogens (tertiary/aromatic N) is 5. The van der Waals surface area contributed by atoms with E-state index in [9.17, 15) is 0 Å². The number of nitrogens with one attached hydrogen (secondary N) is 2. The number of nitrogen functional groups attached to an aromatic ring is 1. The zero-order chi connectivity index (χ0) is 22.2. The van der Waals surface area contributed by atoms with E-state index in [1.807, 2.05) is 26.0 Å². The SMILES string of the molecule is CCCC1=CCC(/C(C)=N/Nc2nc(N)nc(N/N=C(\C)c3ccc(Cl)cc3)n2)C=C1. The van der Waals surface area contributed by atoms with Crippen LogP contribution in [0.3, 0.4) is 0 Å². The third-order valence-electron chi connectivity index (χ3n) is 4.82. The van der Waals surface area contributed by atoms with Gasteiger partial charge in [-0.2, -0.15) is 25.2 Å². The molecule has 8 nitrogen and oxygen atoms in total. The van der Waals surface area contributed by atoms with Crippen molar-refractivity contribution >= 4 is 40.9 Å². The van der Waals surface area contributed by atoms with Crippen LogP contribution in [-0.4, -0.2) is 26.4 Å². The molecule has 1 aromatic heterocycles. The molecule has 9 heteroatoms. The van der Waals surface area contributed by atoms with Crippen molar-refractivity contribution in [1.29, 1.82) is 0 Å². The first-order chi connectivity index (χ1) is 14.9. The van der Waals surface area contributed by atoms with Gasteiger partial charge in [-0.15, -0.1) is 0 Å². The highest BCUT2D eigenvalue weighted by Gasteiger charge is 2.12. The van der Waals surface area contributed by atoms with Crippen LogP contribution in [0.1, 0.15) is 45.6 Å². The van der Waals surface area contributed by atoms with Gasteiger partial charge in [-0.3, -0.25) is 0 Å². The summed E-state index contributed by atoms with van der Waals surface area (Å²) in [6, 6.07) is 7.38. The Bertz CT molecular complexity index is 1020. The smallest absolute Gasteiger partial charge is 0.250 e. The first-order valence-electron chi connectivity index (χ1n) is 10.2. The molecule has 0 saturated heterocycles. The molecule has 162 valence electrons. The van der Waals surface area contributed by atoms with Crippen LogP contribution >= 0.6 is 11.6 Å². The van der Waals surface area contributed by atoms with E-state index >= 15 is 0 Å². The number of hydrogen-bond acceptors (Lipinski definition) is 8. The molecule has 0 saturated carbocycles. The predicted molar refractivity (Wildman–Crippen MR) is 128 cm³/mol. The molecule has 31 heavy (non-hydrogen) atoms. The average Bonchev–Trinajstić information content (AvgIpc) is 2.77. The van der Waals surface area contributed by atoms with Gasteiger partial charge >= 0.3 is 0 Å². The molecule has 2 aromatic rings. The van der Waals surface area contributed by atoms with Gasteiger partial charge in [0.05, 0.1) is 5.71 Å². The molecule has 1 aliphatic carbocycles. The maximum absolute atomic E-state index is 5.92. The summed E-state index contributed by atoms with van der Waals surface area (Å²) in [6.45, 7) is 6.03. The fourth-order valence-electron chi connectivity index (χ4n) is 3.05. The Hall–Kier alpha value is -3.26. The van der Waals surface area contributed by atoms with Gasteiger partial charge in [0.2, 0.25) is 17.8 Å². The van der Waals surface area contributed by atoms with Crippen LogP contribution < -0.4 is 16.6 Å². The number of aromatic nitrogens is 3. The second-order valence-electron chi connectivity index (χ2n) is 7.25. The summed E-state index contributed by atoms with van der Waals surface area (Å²) in [5, 5.41) is 9.40. The predicted octanol–water partition coefficient (Wildman–Crippen LogP) is 5.03. The van der Waals surface area contributed by atoms with Crippen molar-refractivity contribution in [2.75, 3.05) is 16.6 Å². The number of nitrogens with two attached hydrogens (primary N) is 1. The minimum Gasteiger partial charge on any atom is -0.368 e. The van der Waals surface area contributed by atoms with Gasteiger partial charge in [0.1, 0.15) is 0 Å². The average molecular weight is 439 g/mol. The number of halogens is 1. The van der Waals surface area contributed by atoms with Crippen LogP contribution in [0, 0.1) is 5.92 Å². The molecule has 4 N–H and O–H groups in total. The van der Waals surface area contributed by atoms with Gasteiger partial charge in [-0.05, 0) is 44.4 Å². The topological polar surface area (TPSA) is 113 Å². The molecular formula is C22H27ClN8. The monoisotopic (exact) mass is 438 g/mol. The molecule has 0 amide bonds. The highest BCUT2D eigenvalue weighted by molar-refractivity contribution is 6.30. The van der Waals surface area contributed by atoms with Gasteiger partial charge in [0, 0.05) is 16.7 Å². The lowest BCUT2D eigenvalue weighted by molar-refractivity contribution is 0.822. The third-order valence-corrected chi connectivity index (χ3v) is 5.07. The highest BCUT2D eigenvalue weighted by Crippen LogP contribution is 2.21. The van der Waals surface area contributed by atoms with E-state index in [1.165, 1.54) is 5.57 Å². The van der Waals surface area contributed by atoms with Gasteiger partial charge in [-0.1, -0.05) is 60.9 Å². The first kappa shape index (κ1) is 22.4. The van der Waals surface area contributed by atoms with Crippen LogP contribution in [0.15, 0.2) is 58.3 Å². The standard InChI is InChI=1S/C22H27ClN8/c1-4-5-16-6-8-17(9-7-16)14(2)28-30-21-25-20(24)26-22(27-21)31-29-15(3)18-10-12-19(23)13-11-18/h6-8,10-13,17H,4-5,9H2,1-3H3,(H4,24,25,26,27,30,31)/b28-14+,29-15+. The number of hydrogen-bond donors (Lipinski definition) is 3. The maximum atomic E-state index is 5.92. The molecule has 1 aromatic carbocycles. The Kier molecular flexibility index (Phi) is 7.72. The molecule has 0 fully saturated rings. The minimum absolute atomic E-state index is 0.0666. The number of hydrazone groups is 2. The minimum atomic E-state index is 0.0666. The molecule has 0 aliphatic heterocycles. The quantitative estimate of drug-likeness (QED) is 0.393. The van der Waals surface area contributed by atoms with Crippen molar-refractivity contribution in [2.45, 2.75) is 40.0 Å². The van der Waals surface area contributed by atoms with Crippen molar-refractivity contribution in [1.82, 2.24) is 15.0 Å². The summed E-state index contributed by atoms with van der Waals surface area (Å²) in [5.41, 5.74) is 15.5. The van der Waals surface area contributed by atoms with E-state index < -0.39 is 0 Å².